The number of nitrogens with zero attached hydrogens (tertiary/aromatic N) is 5. The fraction of sp³-hybridized carbons (Fsp3) is 0.259. The standard InChI is InChI=1S/C27H27N5O2/c1-18-5-8-21(9-6-18)23-24(30-13-15-31(16-14-30)27-28-11-4-12-29-27)26(34)32(25(23)33)22-10-7-19(2)17-20(22)3/h4-12,17H,13-16H2,1-3H3. The normalized spacial score (nSPS) is 16.6. The van der Waals surface area contributed by atoms with Crippen molar-refractivity contribution in [3.8, 4) is 0 Å². The summed E-state index contributed by atoms with van der Waals surface area (Å²) in [5, 5.41) is 0. The second kappa shape index (κ2) is 8.74. The van der Waals surface area contributed by atoms with Crippen molar-refractivity contribution in [2.24, 2.45) is 0 Å². The number of aryl methyl sites for hydroxylation is 3. The molecule has 0 radical (unpaired) electrons. The van der Waals surface area contributed by atoms with Crippen LogP contribution in [0.1, 0.15) is 22.3 Å². The van der Waals surface area contributed by atoms with Gasteiger partial charge in [-0.1, -0.05) is 47.5 Å². The molecule has 34 heavy (non-hydrogen) atoms. The van der Waals surface area contributed by atoms with Crippen LogP contribution in [0.25, 0.3) is 5.57 Å². The molecule has 0 saturated carbocycles. The van der Waals surface area contributed by atoms with Crippen LogP contribution in [-0.4, -0.2) is 52.9 Å². The average Bonchev–Trinajstić information content (AvgIpc) is 3.10. The maximum absolute atomic E-state index is 13.8. The minimum atomic E-state index is -0.273. The molecule has 0 N–H and O–H groups in total. The molecule has 3 aromatic rings. The quantitative estimate of drug-likeness (QED) is 0.563. The Balaban J connectivity index is 1.52. The maximum atomic E-state index is 13.8. The Labute approximate surface area is 199 Å². The van der Waals surface area contributed by atoms with Gasteiger partial charge in [0.05, 0.1) is 11.3 Å². The van der Waals surface area contributed by atoms with Crippen molar-refractivity contribution in [3.05, 3.63) is 88.9 Å². The van der Waals surface area contributed by atoms with Gasteiger partial charge in [-0.25, -0.2) is 14.9 Å². The van der Waals surface area contributed by atoms with Crippen LogP contribution in [0.3, 0.4) is 0 Å². The Bertz CT molecular complexity index is 1280. The second-order valence-electron chi connectivity index (χ2n) is 8.85. The van der Waals surface area contributed by atoms with Crippen molar-refractivity contribution < 1.29 is 9.59 Å². The van der Waals surface area contributed by atoms with E-state index in [0.717, 1.165) is 22.3 Å². The van der Waals surface area contributed by atoms with Crippen LogP contribution in [0.5, 0.6) is 0 Å². The highest BCUT2D eigenvalue weighted by molar-refractivity contribution is 6.45. The van der Waals surface area contributed by atoms with Gasteiger partial charge in [-0.15, -0.1) is 0 Å². The molecule has 1 saturated heterocycles. The van der Waals surface area contributed by atoms with E-state index in [1.54, 1.807) is 18.5 Å². The molecule has 7 nitrogen and oxygen atoms in total. The van der Waals surface area contributed by atoms with Gasteiger partial charge in [0.25, 0.3) is 11.8 Å². The molecule has 0 aliphatic carbocycles. The van der Waals surface area contributed by atoms with Crippen LogP contribution < -0.4 is 9.80 Å². The van der Waals surface area contributed by atoms with Gasteiger partial charge in [0, 0.05) is 38.6 Å². The lowest BCUT2D eigenvalue weighted by Gasteiger charge is -2.36. The third-order valence-electron chi connectivity index (χ3n) is 6.42. The van der Waals surface area contributed by atoms with Crippen LogP contribution in [0.15, 0.2) is 66.6 Å². The lowest BCUT2D eigenvalue weighted by molar-refractivity contribution is -0.120. The summed E-state index contributed by atoms with van der Waals surface area (Å²) in [7, 11) is 0. The summed E-state index contributed by atoms with van der Waals surface area (Å²) < 4.78 is 0. The van der Waals surface area contributed by atoms with Crippen LogP contribution in [0.2, 0.25) is 0 Å². The van der Waals surface area contributed by atoms with Crippen molar-refractivity contribution in [2.75, 3.05) is 36.0 Å². The minimum absolute atomic E-state index is 0.267. The summed E-state index contributed by atoms with van der Waals surface area (Å²) in [6.07, 6.45) is 3.46. The summed E-state index contributed by atoms with van der Waals surface area (Å²) >= 11 is 0. The van der Waals surface area contributed by atoms with Gasteiger partial charge in [0.15, 0.2) is 0 Å². The number of hydrogen-bond donors (Lipinski definition) is 0. The fourth-order valence-corrected chi connectivity index (χ4v) is 4.65. The molecule has 2 aliphatic rings. The van der Waals surface area contributed by atoms with E-state index < -0.39 is 0 Å². The number of carbonyl (C=O) groups is 2. The zero-order chi connectivity index (χ0) is 23.8. The Morgan fingerprint density at radius 2 is 1.35 bits per heavy atom. The SMILES string of the molecule is Cc1ccc(C2=C(N3CCN(c4ncccn4)CC3)C(=O)N(c3ccc(C)cc3C)C2=O)cc1. The van der Waals surface area contributed by atoms with E-state index >= 15 is 0 Å². The number of anilines is 2. The van der Waals surface area contributed by atoms with E-state index in [-0.39, 0.29) is 11.8 Å². The number of piperazine rings is 1. The zero-order valence-electron chi connectivity index (χ0n) is 19.7. The first-order valence-electron chi connectivity index (χ1n) is 11.5. The van der Waals surface area contributed by atoms with E-state index in [0.29, 0.717) is 49.1 Å². The Morgan fingerprint density at radius 1 is 0.735 bits per heavy atom. The topological polar surface area (TPSA) is 69.6 Å². The zero-order valence-corrected chi connectivity index (χ0v) is 19.7. The Kier molecular flexibility index (Phi) is 5.61. The molecule has 0 spiro atoms. The van der Waals surface area contributed by atoms with E-state index in [4.69, 9.17) is 0 Å². The molecule has 3 heterocycles. The highest BCUT2D eigenvalue weighted by Crippen LogP contribution is 2.36. The predicted octanol–water partition coefficient (Wildman–Crippen LogP) is 3.51. The molecule has 5 rings (SSSR count). The average molecular weight is 454 g/mol. The lowest BCUT2D eigenvalue weighted by Crippen LogP contribution is -2.48. The predicted molar refractivity (Wildman–Crippen MR) is 132 cm³/mol. The van der Waals surface area contributed by atoms with Gasteiger partial charge in [0.1, 0.15) is 5.70 Å². The van der Waals surface area contributed by atoms with Gasteiger partial charge < -0.3 is 9.80 Å². The Morgan fingerprint density at radius 3 is 2.00 bits per heavy atom. The van der Waals surface area contributed by atoms with Crippen molar-refractivity contribution in [1.82, 2.24) is 14.9 Å². The molecule has 2 aromatic carbocycles. The van der Waals surface area contributed by atoms with Crippen molar-refractivity contribution in [2.45, 2.75) is 20.8 Å². The third kappa shape index (κ3) is 3.83. The van der Waals surface area contributed by atoms with Crippen LogP contribution in [0, 0.1) is 20.8 Å². The largest absolute Gasteiger partial charge is 0.363 e. The smallest absolute Gasteiger partial charge is 0.282 e. The van der Waals surface area contributed by atoms with Gasteiger partial charge >= 0.3 is 0 Å². The number of amides is 2. The third-order valence-corrected chi connectivity index (χ3v) is 6.42. The molecule has 2 aliphatic heterocycles. The van der Waals surface area contributed by atoms with Gasteiger partial charge in [-0.05, 0) is 44.0 Å². The van der Waals surface area contributed by atoms with Crippen LogP contribution >= 0.6 is 0 Å². The maximum Gasteiger partial charge on any atom is 0.282 e. The first kappa shape index (κ1) is 21.8. The monoisotopic (exact) mass is 453 g/mol. The lowest BCUT2D eigenvalue weighted by atomic mass is 10.0. The molecule has 172 valence electrons. The van der Waals surface area contributed by atoms with Crippen LogP contribution in [-0.2, 0) is 9.59 Å². The summed E-state index contributed by atoms with van der Waals surface area (Å²) in [6.45, 7) is 8.48. The second-order valence-corrected chi connectivity index (χ2v) is 8.85. The number of imide groups is 1. The molecule has 0 bridgehead atoms. The van der Waals surface area contributed by atoms with Gasteiger partial charge in [-0.3, -0.25) is 9.59 Å². The molecular weight excluding hydrogens is 426 g/mol. The summed E-state index contributed by atoms with van der Waals surface area (Å²) in [5.74, 6) is 0.141. The summed E-state index contributed by atoms with van der Waals surface area (Å²) in [6, 6.07) is 15.4. The number of rotatable bonds is 4. The first-order valence-corrected chi connectivity index (χ1v) is 11.5. The number of hydrogen-bond acceptors (Lipinski definition) is 6. The van der Waals surface area contributed by atoms with E-state index in [2.05, 4.69) is 14.9 Å². The minimum Gasteiger partial charge on any atom is -0.363 e. The van der Waals surface area contributed by atoms with Crippen molar-refractivity contribution >= 4 is 29.0 Å². The van der Waals surface area contributed by atoms with E-state index in [1.807, 2.05) is 68.1 Å². The number of carbonyl (C=O) groups excluding carboxylic acids is 2. The van der Waals surface area contributed by atoms with E-state index in [9.17, 15) is 9.59 Å². The highest BCUT2D eigenvalue weighted by Gasteiger charge is 2.43. The van der Waals surface area contributed by atoms with Crippen molar-refractivity contribution in [3.63, 3.8) is 0 Å². The van der Waals surface area contributed by atoms with Gasteiger partial charge in [0.2, 0.25) is 5.95 Å². The number of benzene rings is 2. The molecule has 0 unspecified atom stereocenters. The molecule has 7 heteroatoms. The molecule has 2 amide bonds. The van der Waals surface area contributed by atoms with Crippen LogP contribution in [0.4, 0.5) is 11.6 Å². The first-order chi connectivity index (χ1) is 16.4. The molecular formula is C27H27N5O2. The summed E-state index contributed by atoms with van der Waals surface area (Å²) in [4.78, 5) is 41.8. The highest BCUT2D eigenvalue weighted by atomic mass is 16.2. The van der Waals surface area contributed by atoms with Crippen molar-refractivity contribution in [1.29, 1.82) is 0 Å². The number of aromatic nitrogens is 2. The Hall–Kier alpha value is -4.00. The van der Waals surface area contributed by atoms with E-state index in [1.165, 1.54) is 4.90 Å². The summed E-state index contributed by atoms with van der Waals surface area (Å²) in [5.41, 5.74) is 5.43. The molecule has 1 aromatic heterocycles. The molecule has 1 fully saturated rings. The van der Waals surface area contributed by atoms with Gasteiger partial charge in [-0.2, -0.15) is 0 Å². The molecule has 0 atom stereocenters. The fourth-order valence-electron chi connectivity index (χ4n) is 4.65.